The molecule has 182 valence electrons. The molecule has 0 saturated carbocycles. The number of fused-ring (bicyclic) bond motifs is 1. The molecule has 0 unspecified atom stereocenters. The van der Waals surface area contributed by atoms with Gasteiger partial charge in [-0.15, -0.1) is 0 Å². The van der Waals surface area contributed by atoms with Gasteiger partial charge in [0.25, 0.3) is 5.56 Å². The number of benzene rings is 1. The molecular weight excluding hydrogens is 485 g/mol. The molecule has 1 atom stereocenters. The summed E-state index contributed by atoms with van der Waals surface area (Å²) in [5.74, 6) is 0.323. The van der Waals surface area contributed by atoms with Crippen LogP contribution in [0.5, 0.6) is 0 Å². The highest BCUT2D eigenvalue weighted by Crippen LogP contribution is 2.33. The molecule has 4 heterocycles. The second-order valence-corrected chi connectivity index (χ2v) is 8.64. The number of alkyl halides is 2. The molecular formula is C23H20ClF3N6O2. The van der Waals surface area contributed by atoms with Crippen LogP contribution in [-0.2, 0) is 11.8 Å². The van der Waals surface area contributed by atoms with Gasteiger partial charge in [-0.3, -0.25) is 9.36 Å². The van der Waals surface area contributed by atoms with Crippen LogP contribution in [0, 0.1) is 12.7 Å². The molecule has 0 amide bonds. The fourth-order valence-electron chi connectivity index (χ4n) is 4.10. The largest absolute Gasteiger partial charge is 0.370 e. The van der Waals surface area contributed by atoms with E-state index in [2.05, 4.69) is 15.1 Å². The maximum atomic E-state index is 14.9. The zero-order chi connectivity index (χ0) is 24.9. The molecule has 0 radical (unpaired) electrons. The summed E-state index contributed by atoms with van der Waals surface area (Å²) in [4.78, 5) is 24.2. The van der Waals surface area contributed by atoms with Gasteiger partial charge in [0.05, 0.1) is 29.4 Å². The van der Waals surface area contributed by atoms with Crippen LogP contribution >= 0.6 is 11.6 Å². The Hall–Kier alpha value is -3.44. The lowest BCUT2D eigenvalue weighted by atomic mass is 10.1. The van der Waals surface area contributed by atoms with Crippen molar-refractivity contribution in [3.63, 3.8) is 0 Å². The molecule has 1 aliphatic rings. The van der Waals surface area contributed by atoms with Crippen molar-refractivity contribution in [1.82, 2.24) is 24.3 Å². The second-order valence-electron chi connectivity index (χ2n) is 8.21. The number of rotatable bonds is 4. The van der Waals surface area contributed by atoms with Crippen molar-refractivity contribution in [2.24, 2.45) is 7.05 Å². The number of ether oxygens (including phenoxy) is 1. The van der Waals surface area contributed by atoms with Crippen molar-refractivity contribution in [2.75, 3.05) is 24.6 Å². The van der Waals surface area contributed by atoms with E-state index >= 15 is 0 Å². The number of nitrogens with zero attached hydrogens (tertiary/aromatic N) is 6. The van der Waals surface area contributed by atoms with E-state index in [4.69, 9.17) is 16.3 Å². The van der Waals surface area contributed by atoms with Crippen molar-refractivity contribution in [1.29, 1.82) is 0 Å². The summed E-state index contributed by atoms with van der Waals surface area (Å²) in [5.41, 5.74) is 0.784. The zero-order valence-electron chi connectivity index (χ0n) is 18.8. The van der Waals surface area contributed by atoms with E-state index in [0.717, 1.165) is 6.07 Å². The summed E-state index contributed by atoms with van der Waals surface area (Å²) < 4.78 is 48.6. The number of hydrogen-bond donors (Lipinski definition) is 0. The lowest BCUT2D eigenvalue weighted by Crippen LogP contribution is -2.39. The summed E-state index contributed by atoms with van der Waals surface area (Å²) in [6.45, 7) is -0.00360. The lowest BCUT2D eigenvalue weighted by molar-refractivity contribution is 0.0379. The van der Waals surface area contributed by atoms with E-state index in [1.165, 1.54) is 29.1 Å². The van der Waals surface area contributed by atoms with Crippen molar-refractivity contribution in [3.8, 4) is 11.3 Å². The highest BCUT2D eigenvalue weighted by molar-refractivity contribution is 6.30. The summed E-state index contributed by atoms with van der Waals surface area (Å²) in [5, 5.41) is 4.08. The number of aromatic nitrogens is 5. The molecule has 3 aromatic heterocycles. The molecule has 0 bridgehead atoms. The first-order chi connectivity index (χ1) is 16.7. The van der Waals surface area contributed by atoms with Crippen LogP contribution in [0.3, 0.4) is 0 Å². The van der Waals surface area contributed by atoms with Crippen LogP contribution in [0.25, 0.3) is 22.2 Å². The van der Waals surface area contributed by atoms with Gasteiger partial charge < -0.3 is 9.64 Å². The van der Waals surface area contributed by atoms with Gasteiger partial charge in [-0.25, -0.2) is 19.0 Å². The number of morpholine rings is 1. The first-order valence-corrected chi connectivity index (χ1v) is 11.1. The molecule has 1 saturated heterocycles. The van der Waals surface area contributed by atoms with Gasteiger partial charge in [-0.2, -0.15) is 13.9 Å². The second kappa shape index (κ2) is 8.97. The lowest BCUT2D eigenvalue weighted by Gasteiger charge is -2.33. The van der Waals surface area contributed by atoms with Crippen molar-refractivity contribution in [2.45, 2.75) is 19.6 Å². The van der Waals surface area contributed by atoms with Gasteiger partial charge in [0, 0.05) is 48.5 Å². The molecule has 1 aliphatic heterocycles. The van der Waals surface area contributed by atoms with Gasteiger partial charge >= 0.3 is 6.55 Å². The molecule has 1 fully saturated rings. The minimum atomic E-state index is -2.75. The minimum absolute atomic E-state index is 0.118. The Morgan fingerprint density at radius 3 is 2.74 bits per heavy atom. The van der Waals surface area contributed by atoms with E-state index in [1.807, 2.05) is 4.90 Å². The molecule has 1 aromatic carbocycles. The third kappa shape index (κ3) is 4.25. The number of hydrogen-bond acceptors (Lipinski definition) is 6. The first kappa shape index (κ1) is 23.3. The summed E-state index contributed by atoms with van der Waals surface area (Å²) >= 11 is 5.93. The van der Waals surface area contributed by atoms with Gasteiger partial charge in [0.15, 0.2) is 0 Å². The van der Waals surface area contributed by atoms with Crippen LogP contribution < -0.4 is 10.5 Å². The van der Waals surface area contributed by atoms with Crippen molar-refractivity contribution in [3.05, 3.63) is 69.2 Å². The third-order valence-electron chi connectivity index (χ3n) is 6.04. The molecule has 5 rings (SSSR count). The SMILES string of the molecule is Cc1nc2cc(N3CCO[C@@H](c4cnn(C(F)F)c4)C3)nc(-c3ccc(Cl)cc3F)c2c(=O)n1C. The average Bonchev–Trinajstić information content (AvgIpc) is 3.33. The number of pyridine rings is 1. The van der Waals surface area contributed by atoms with Crippen LogP contribution in [0.2, 0.25) is 5.02 Å². The Kier molecular flexibility index (Phi) is 5.97. The normalized spacial score (nSPS) is 16.4. The Labute approximate surface area is 202 Å². The topological polar surface area (TPSA) is 78.1 Å². The standard InChI is InChI=1S/C23H20ClF3N6O2/c1-12-29-17-8-19(32-5-6-35-18(11-32)13-9-28-33(10-13)23(26)27)30-21(20(17)22(34)31(12)2)15-4-3-14(24)7-16(15)25/h3-4,7-10,18,23H,5-6,11H2,1-2H3/t18-/m1/s1. The molecule has 0 aliphatic carbocycles. The molecule has 0 N–H and O–H groups in total. The number of halogens is 4. The fourth-order valence-corrected chi connectivity index (χ4v) is 4.26. The summed E-state index contributed by atoms with van der Waals surface area (Å²) in [7, 11) is 1.59. The zero-order valence-corrected chi connectivity index (χ0v) is 19.5. The number of anilines is 1. The maximum absolute atomic E-state index is 14.9. The van der Waals surface area contributed by atoms with Gasteiger partial charge in [-0.05, 0) is 25.1 Å². The van der Waals surface area contributed by atoms with Crippen LogP contribution in [0.1, 0.15) is 24.0 Å². The molecule has 4 aromatic rings. The predicted octanol–water partition coefficient (Wildman–Crippen LogP) is 4.27. The Morgan fingerprint density at radius 2 is 2.03 bits per heavy atom. The Morgan fingerprint density at radius 1 is 1.23 bits per heavy atom. The van der Waals surface area contributed by atoms with Gasteiger partial charge in [-0.1, -0.05) is 11.6 Å². The van der Waals surface area contributed by atoms with Crippen LogP contribution in [0.4, 0.5) is 19.0 Å². The van der Waals surface area contributed by atoms with E-state index in [1.54, 1.807) is 20.0 Å². The van der Waals surface area contributed by atoms with E-state index < -0.39 is 18.5 Å². The summed E-state index contributed by atoms with van der Waals surface area (Å²) in [6.07, 6.45) is 2.07. The summed E-state index contributed by atoms with van der Waals surface area (Å²) in [6, 6.07) is 5.83. The number of aryl methyl sites for hydroxylation is 1. The van der Waals surface area contributed by atoms with E-state index in [-0.39, 0.29) is 27.2 Å². The maximum Gasteiger partial charge on any atom is 0.333 e. The Bertz CT molecular complexity index is 1490. The molecule has 35 heavy (non-hydrogen) atoms. The monoisotopic (exact) mass is 504 g/mol. The fraction of sp³-hybridized carbons (Fsp3) is 0.304. The first-order valence-electron chi connectivity index (χ1n) is 10.8. The molecule has 8 nitrogen and oxygen atoms in total. The van der Waals surface area contributed by atoms with Gasteiger partial charge in [0.1, 0.15) is 23.6 Å². The third-order valence-corrected chi connectivity index (χ3v) is 6.28. The highest BCUT2D eigenvalue weighted by atomic mass is 35.5. The van der Waals surface area contributed by atoms with Crippen LogP contribution in [-0.4, -0.2) is 44.0 Å². The molecule has 12 heteroatoms. The van der Waals surface area contributed by atoms with Crippen molar-refractivity contribution < 1.29 is 17.9 Å². The predicted molar refractivity (Wildman–Crippen MR) is 124 cm³/mol. The van der Waals surface area contributed by atoms with Crippen LogP contribution in [0.15, 0.2) is 41.5 Å². The Balaban J connectivity index is 1.62. The quantitative estimate of drug-likeness (QED) is 0.413. The van der Waals surface area contributed by atoms with Crippen molar-refractivity contribution >= 4 is 28.3 Å². The van der Waals surface area contributed by atoms with E-state index in [9.17, 15) is 18.0 Å². The highest BCUT2D eigenvalue weighted by Gasteiger charge is 2.27. The average molecular weight is 505 g/mol. The smallest absolute Gasteiger partial charge is 0.333 e. The van der Waals surface area contributed by atoms with E-state index in [0.29, 0.717) is 47.1 Å². The molecule has 0 spiro atoms. The van der Waals surface area contributed by atoms with Gasteiger partial charge in [0.2, 0.25) is 0 Å². The minimum Gasteiger partial charge on any atom is -0.370 e.